The largest absolute Gasteiger partial charge is 0.459 e. The summed E-state index contributed by atoms with van der Waals surface area (Å²) < 4.78 is 5.61. The summed E-state index contributed by atoms with van der Waals surface area (Å²) in [6, 6.07) is 3.99. The first kappa shape index (κ1) is 11.9. The molecule has 1 atom stereocenters. The van der Waals surface area contributed by atoms with Gasteiger partial charge in [0.2, 0.25) is 0 Å². The molecule has 0 aliphatic carbocycles. The summed E-state index contributed by atoms with van der Waals surface area (Å²) in [6.07, 6.45) is 3.70. The third-order valence-electron chi connectivity index (χ3n) is 3.40. The van der Waals surface area contributed by atoms with E-state index in [4.69, 9.17) is 4.42 Å². The second-order valence-electron chi connectivity index (χ2n) is 4.97. The van der Waals surface area contributed by atoms with Crippen LogP contribution in [-0.4, -0.2) is 18.1 Å². The first-order chi connectivity index (χ1) is 8.81. The molecular formula is C14H18N2OS. The number of nitrogens with zero attached hydrogens (tertiary/aromatic N) is 1. The Hall–Kier alpha value is -1.13. The van der Waals surface area contributed by atoms with Gasteiger partial charge in [-0.3, -0.25) is 0 Å². The molecule has 0 spiro atoms. The van der Waals surface area contributed by atoms with E-state index in [0.29, 0.717) is 0 Å². The van der Waals surface area contributed by atoms with Gasteiger partial charge in [0.25, 0.3) is 0 Å². The van der Waals surface area contributed by atoms with Gasteiger partial charge in [0.1, 0.15) is 5.76 Å². The van der Waals surface area contributed by atoms with Crippen LogP contribution in [0.3, 0.4) is 0 Å². The third kappa shape index (κ3) is 2.65. The number of furan rings is 1. The Morgan fingerprint density at radius 3 is 3.17 bits per heavy atom. The number of piperidine rings is 1. The highest BCUT2D eigenvalue weighted by Crippen LogP contribution is 2.27. The van der Waals surface area contributed by atoms with Crippen LogP contribution < -0.4 is 5.32 Å². The van der Waals surface area contributed by atoms with Crippen LogP contribution in [0.15, 0.2) is 21.9 Å². The average molecular weight is 262 g/mol. The molecule has 1 unspecified atom stereocenters. The van der Waals surface area contributed by atoms with Crippen molar-refractivity contribution in [1.82, 2.24) is 10.3 Å². The lowest BCUT2D eigenvalue weighted by molar-refractivity contribution is 0.374. The van der Waals surface area contributed by atoms with E-state index in [2.05, 4.69) is 15.7 Å². The zero-order chi connectivity index (χ0) is 12.4. The van der Waals surface area contributed by atoms with Crippen molar-refractivity contribution in [1.29, 1.82) is 0 Å². The first-order valence-corrected chi connectivity index (χ1v) is 7.41. The maximum absolute atomic E-state index is 5.61. The Morgan fingerprint density at radius 2 is 2.44 bits per heavy atom. The fraction of sp³-hybridized carbons (Fsp3) is 0.500. The summed E-state index contributed by atoms with van der Waals surface area (Å²) >= 11 is 1.68. The van der Waals surface area contributed by atoms with Gasteiger partial charge in [-0.2, -0.15) is 0 Å². The Labute approximate surface area is 111 Å². The summed E-state index contributed by atoms with van der Waals surface area (Å²) in [5.74, 6) is 2.58. The fourth-order valence-corrected chi connectivity index (χ4v) is 3.25. The first-order valence-electron chi connectivity index (χ1n) is 6.53. The Balaban J connectivity index is 1.69. The maximum Gasteiger partial charge on any atom is 0.162 e. The smallest absolute Gasteiger partial charge is 0.162 e. The quantitative estimate of drug-likeness (QED) is 0.922. The number of aromatic nitrogens is 1. The van der Waals surface area contributed by atoms with Crippen LogP contribution in [0.1, 0.15) is 24.3 Å². The normalized spacial score (nSPS) is 20.2. The van der Waals surface area contributed by atoms with Crippen molar-refractivity contribution in [3.63, 3.8) is 0 Å². The lowest BCUT2D eigenvalue weighted by Crippen LogP contribution is -2.30. The van der Waals surface area contributed by atoms with Gasteiger partial charge in [0.05, 0.1) is 5.69 Å². The van der Waals surface area contributed by atoms with Crippen LogP contribution in [0.25, 0.3) is 10.8 Å². The van der Waals surface area contributed by atoms with Crippen molar-refractivity contribution in [3.05, 3.63) is 29.0 Å². The fourth-order valence-electron chi connectivity index (χ4n) is 2.46. The van der Waals surface area contributed by atoms with E-state index in [-0.39, 0.29) is 0 Å². The van der Waals surface area contributed by atoms with Gasteiger partial charge in [-0.1, -0.05) is 0 Å². The predicted molar refractivity (Wildman–Crippen MR) is 73.9 cm³/mol. The Kier molecular flexibility index (Phi) is 3.48. The molecule has 0 amide bonds. The SMILES string of the molecule is Cc1ccc(-c2nc(CC3CCCNC3)cs2)o1. The molecule has 0 aromatic carbocycles. The number of hydrogen-bond donors (Lipinski definition) is 1. The molecule has 18 heavy (non-hydrogen) atoms. The highest BCUT2D eigenvalue weighted by atomic mass is 32.1. The molecule has 3 heterocycles. The van der Waals surface area contributed by atoms with Gasteiger partial charge in [0.15, 0.2) is 10.8 Å². The van der Waals surface area contributed by atoms with E-state index < -0.39 is 0 Å². The average Bonchev–Trinajstić information content (AvgIpc) is 2.99. The van der Waals surface area contributed by atoms with E-state index in [9.17, 15) is 0 Å². The molecule has 1 saturated heterocycles. The molecule has 2 aromatic heterocycles. The lowest BCUT2D eigenvalue weighted by atomic mass is 9.95. The van der Waals surface area contributed by atoms with Crippen molar-refractivity contribution in [2.24, 2.45) is 5.92 Å². The number of hydrogen-bond acceptors (Lipinski definition) is 4. The highest BCUT2D eigenvalue weighted by molar-refractivity contribution is 7.13. The molecule has 0 bridgehead atoms. The molecule has 96 valence electrons. The summed E-state index contributed by atoms with van der Waals surface area (Å²) in [4.78, 5) is 4.68. The summed E-state index contributed by atoms with van der Waals surface area (Å²) in [7, 11) is 0. The van der Waals surface area contributed by atoms with E-state index in [1.54, 1.807) is 11.3 Å². The van der Waals surface area contributed by atoms with Crippen LogP contribution in [0.2, 0.25) is 0 Å². The van der Waals surface area contributed by atoms with Crippen LogP contribution in [0.4, 0.5) is 0 Å². The van der Waals surface area contributed by atoms with Gasteiger partial charge in [-0.05, 0) is 57.3 Å². The predicted octanol–water partition coefficient (Wildman–Crippen LogP) is 3.25. The van der Waals surface area contributed by atoms with Crippen LogP contribution >= 0.6 is 11.3 Å². The van der Waals surface area contributed by atoms with Crippen LogP contribution in [-0.2, 0) is 6.42 Å². The van der Waals surface area contributed by atoms with Gasteiger partial charge in [-0.15, -0.1) is 11.3 Å². The van der Waals surface area contributed by atoms with Crippen LogP contribution in [0.5, 0.6) is 0 Å². The number of rotatable bonds is 3. The Bertz CT molecular complexity index is 511. The second kappa shape index (κ2) is 5.24. The number of thiazole rings is 1. The van der Waals surface area contributed by atoms with Crippen molar-refractivity contribution in [2.75, 3.05) is 13.1 Å². The molecule has 2 aromatic rings. The van der Waals surface area contributed by atoms with Gasteiger partial charge in [-0.25, -0.2) is 4.98 Å². The molecule has 3 nitrogen and oxygen atoms in total. The van der Waals surface area contributed by atoms with E-state index >= 15 is 0 Å². The third-order valence-corrected chi connectivity index (χ3v) is 4.31. The minimum Gasteiger partial charge on any atom is -0.459 e. The summed E-state index contributed by atoms with van der Waals surface area (Å²) in [5.41, 5.74) is 1.21. The maximum atomic E-state index is 5.61. The standard InChI is InChI=1S/C14H18N2OS/c1-10-4-5-13(17-10)14-16-12(9-18-14)7-11-3-2-6-15-8-11/h4-5,9,11,15H,2-3,6-8H2,1H3. The minimum atomic E-state index is 0.743. The molecule has 3 rings (SSSR count). The molecule has 1 aliphatic rings. The minimum absolute atomic E-state index is 0.743. The topological polar surface area (TPSA) is 38.1 Å². The zero-order valence-corrected chi connectivity index (χ0v) is 11.4. The van der Waals surface area contributed by atoms with Crippen molar-refractivity contribution >= 4 is 11.3 Å². The highest BCUT2D eigenvalue weighted by Gasteiger charge is 2.16. The molecule has 0 radical (unpaired) electrons. The molecule has 4 heteroatoms. The van der Waals surface area contributed by atoms with Crippen molar-refractivity contribution in [3.8, 4) is 10.8 Å². The van der Waals surface area contributed by atoms with Gasteiger partial charge >= 0.3 is 0 Å². The van der Waals surface area contributed by atoms with Crippen molar-refractivity contribution in [2.45, 2.75) is 26.2 Å². The molecule has 1 aliphatic heterocycles. The number of nitrogens with one attached hydrogen (secondary N) is 1. The Morgan fingerprint density at radius 1 is 1.50 bits per heavy atom. The molecule has 0 saturated carbocycles. The van der Waals surface area contributed by atoms with Gasteiger partial charge in [0, 0.05) is 5.38 Å². The van der Waals surface area contributed by atoms with Crippen LogP contribution in [0, 0.1) is 12.8 Å². The second-order valence-corrected chi connectivity index (χ2v) is 5.83. The summed E-state index contributed by atoms with van der Waals surface area (Å²) in [6.45, 7) is 4.27. The molecule has 1 N–H and O–H groups in total. The number of aryl methyl sites for hydroxylation is 1. The lowest BCUT2D eigenvalue weighted by Gasteiger charge is -2.21. The monoisotopic (exact) mass is 262 g/mol. The zero-order valence-electron chi connectivity index (χ0n) is 10.6. The van der Waals surface area contributed by atoms with Crippen molar-refractivity contribution < 1.29 is 4.42 Å². The van der Waals surface area contributed by atoms with E-state index in [1.807, 2.05) is 19.1 Å². The summed E-state index contributed by atoms with van der Waals surface area (Å²) in [5, 5.41) is 6.62. The van der Waals surface area contributed by atoms with E-state index in [1.165, 1.54) is 25.1 Å². The molecule has 1 fully saturated rings. The van der Waals surface area contributed by atoms with E-state index in [0.717, 1.165) is 35.4 Å². The van der Waals surface area contributed by atoms with Gasteiger partial charge < -0.3 is 9.73 Å². The molecular weight excluding hydrogens is 244 g/mol.